The van der Waals surface area contributed by atoms with Crippen molar-refractivity contribution in [3.05, 3.63) is 58.0 Å². The highest BCUT2D eigenvalue weighted by Gasteiger charge is 2.20. The number of nitrogens with one attached hydrogen (secondary N) is 2. The molecule has 0 bridgehead atoms. The van der Waals surface area contributed by atoms with Gasteiger partial charge in [0.05, 0.1) is 0 Å². The van der Waals surface area contributed by atoms with Crippen LogP contribution in [0.5, 0.6) is 0 Å². The minimum atomic E-state index is -0.0991. The summed E-state index contributed by atoms with van der Waals surface area (Å²) < 4.78 is 13.8. The van der Waals surface area contributed by atoms with Gasteiger partial charge in [0.15, 0.2) is 5.96 Å². The largest absolute Gasteiger partial charge is 0.356 e. The fourth-order valence-electron chi connectivity index (χ4n) is 3.60. The average molecular weight is 403 g/mol. The molecule has 0 radical (unpaired) electrons. The van der Waals surface area contributed by atoms with Crippen molar-refractivity contribution in [1.29, 1.82) is 0 Å². The summed E-state index contributed by atoms with van der Waals surface area (Å²) in [6.07, 6.45) is 2.26. The molecule has 1 atom stereocenters. The SMILES string of the molecule is CN=C(NCC1CCN(Cc2ccccc2F)CC1)NCC(C)c1cccs1. The van der Waals surface area contributed by atoms with Gasteiger partial charge >= 0.3 is 0 Å². The first-order valence-electron chi connectivity index (χ1n) is 10.1. The molecule has 1 aromatic carbocycles. The van der Waals surface area contributed by atoms with Crippen molar-refractivity contribution in [2.24, 2.45) is 10.9 Å². The van der Waals surface area contributed by atoms with Crippen molar-refractivity contribution in [2.45, 2.75) is 32.2 Å². The van der Waals surface area contributed by atoms with Gasteiger partial charge in [-0.1, -0.05) is 31.2 Å². The Morgan fingerprint density at radius 1 is 1.21 bits per heavy atom. The van der Waals surface area contributed by atoms with Crippen LogP contribution < -0.4 is 10.6 Å². The van der Waals surface area contributed by atoms with Crippen molar-refractivity contribution < 1.29 is 4.39 Å². The lowest BCUT2D eigenvalue weighted by atomic mass is 9.96. The van der Waals surface area contributed by atoms with E-state index in [1.807, 2.05) is 19.2 Å². The molecule has 2 heterocycles. The Labute approximate surface area is 171 Å². The number of nitrogens with zero attached hydrogens (tertiary/aromatic N) is 2. The van der Waals surface area contributed by atoms with E-state index in [-0.39, 0.29) is 5.82 Å². The average Bonchev–Trinajstić information content (AvgIpc) is 3.26. The second-order valence-electron chi connectivity index (χ2n) is 7.56. The summed E-state index contributed by atoms with van der Waals surface area (Å²) >= 11 is 1.80. The lowest BCUT2D eigenvalue weighted by Gasteiger charge is -2.32. The van der Waals surface area contributed by atoms with Gasteiger partial charge in [0.2, 0.25) is 0 Å². The molecule has 1 saturated heterocycles. The highest BCUT2D eigenvalue weighted by molar-refractivity contribution is 7.10. The van der Waals surface area contributed by atoms with Gasteiger partial charge < -0.3 is 10.6 Å². The molecule has 2 aromatic rings. The second kappa shape index (κ2) is 10.6. The van der Waals surface area contributed by atoms with Gasteiger partial charge in [-0.2, -0.15) is 0 Å². The summed E-state index contributed by atoms with van der Waals surface area (Å²) in [6.45, 7) is 6.78. The van der Waals surface area contributed by atoms with Crippen LogP contribution in [-0.4, -0.2) is 44.1 Å². The first-order chi connectivity index (χ1) is 13.7. The van der Waals surface area contributed by atoms with Gasteiger partial charge in [-0.05, 0) is 49.4 Å². The zero-order valence-corrected chi connectivity index (χ0v) is 17.6. The zero-order valence-electron chi connectivity index (χ0n) is 16.8. The molecule has 0 spiro atoms. The number of rotatable bonds is 7. The Morgan fingerprint density at radius 3 is 2.68 bits per heavy atom. The lowest BCUT2D eigenvalue weighted by Crippen LogP contribution is -2.43. The molecular formula is C22H31FN4S. The van der Waals surface area contributed by atoms with Crippen molar-refractivity contribution in [1.82, 2.24) is 15.5 Å². The molecule has 1 fully saturated rings. The topological polar surface area (TPSA) is 39.7 Å². The van der Waals surface area contributed by atoms with Crippen LogP contribution in [0.1, 0.15) is 36.1 Å². The van der Waals surface area contributed by atoms with Crippen LogP contribution in [0.15, 0.2) is 46.8 Å². The maximum Gasteiger partial charge on any atom is 0.191 e. The number of hydrogen-bond acceptors (Lipinski definition) is 3. The molecule has 1 aliphatic rings. The van der Waals surface area contributed by atoms with E-state index >= 15 is 0 Å². The Kier molecular flexibility index (Phi) is 7.86. The summed E-state index contributed by atoms with van der Waals surface area (Å²) in [5.74, 6) is 1.88. The number of guanidine groups is 1. The first-order valence-corrected chi connectivity index (χ1v) is 11.0. The predicted molar refractivity (Wildman–Crippen MR) is 116 cm³/mol. The van der Waals surface area contributed by atoms with E-state index in [0.717, 1.165) is 50.5 Å². The van der Waals surface area contributed by atoms with Crippen molar-refractivity contribution in [2.75, 3.05) is 33.2 Å². The standard InChI is InChI=1S/C22H31FN4S/c1-17(21-8-5-13-28-21)14-25-22(24-2)26-15-18-9-11-27(12-10-18)16-19-6-3-4-7-20(19)23/h3-8,13,17-18H,9-12,14-16H2,1-2H3,(H2,24,25,26). The molecule has 0 amide bonds. The highest BCUT2D eigenvalue weighted by atomic mass is 32.1. The number of aliphatic imine (C=N–C) groups is 1. The van der Waals surface area contributed by atoms with Gasteiger partial charge in [0.25, 0.3) is 0 Å². The van der Waals surface area contributed by atoms with Crippen LogP contribution in [0.2, 0.25) is 0 Å². The van der Waals surface area contributed by atoms with Crippen LogP contribution in [0, 0.1) is 11.7 Å². The van der Waals surface area contributed by atoms with E-state index in [4.69, 9.17) is 0 Å². The molecule has 3 rings (SSSR count). The monoisotopic (exact) mass is 402 g/mol. The summed E-state index contributed by atoms with van der Waals surface area (Å²) in [5, 5.41) is 9.04. The molecule has 28 heavy (non-hydrogen) atoms. The molecule has 2 N–H and O–H groups in total. The van der Waals surface area contributed by atoms with E-state index in [2.05, 4.69) is 45.0 Å². The third kappa shape index (κ3) is 6.04. The quantitative estimate of drug-likeness (QED) is 0.542. The van der Waals surface area contributed by atoms with Gasteiger partial charge in [0, 0.05) is 43.0 Å². The number of halogens is 1. The van der Waals surface area contributed by atoms with Crippen molar-refractivity contribution >= 4 is 17.3 Å². The van der Waals surface area contributed by atoms with E-state index in [1.54, 1.807) is 23.5 Å². The minimum Gasteiger partial charge on any atom is -0.356 e. The lowest BCUT2D eigenvalue weighted by molar-refractivity contribution is 0.176. The molecule has 1 unspecified atom stereocenters. The van der Waals surface area contributed by atoms with Gasteiger partial charge in [-0.25, -0.2) is 4.39 Å². The number of thiophene rings is 1. The Hall–Kier alpha value is -1.92. The smallest absolute Gasteiger partial charge is 0.191 e. The summed E-state index contributed by atoms with van der Waals surface area (Å²) in [6, 6.07) is 11.4. The fraction of sp³-hybridized carbons (Fsp3) is 0.500. The molecule has 1 aliphatic heterocycles. The van der Waals surface area contributed by atoms with Crippen LogP contribution in [0.25, 0.3) is 0 Å². The number of hydrogen-bond donors (Lipinski definition) is 2. The van der Waals surface area contributed by atoms with E-state index < -0.39 is 0 Å². The third-order valence-corrected chi connectivity index (χ3v) is 6.55. The number of likely N-dealkylation sites (tertiary alicyclic amines) is 1. The molecule has 6 heteroatoms. The fourth-order valence-corrected chi connectivity index (χ4v) is 4.39. The van der Waals surface area contributed by atoms with E-state index in [1.165, 1.54) is 4.88 Å². The minimum absolute atomic E-state index is 0.0991. The van der Waals surface area contributed by atoms with Crippen LogP contribution in [-0.2, 0) is 6.54 Å². The second-order valence-corrected chi connectivity index (χ2v) is 8.54. The van der Waals surface area contributed by atoms with Crippen LogP contribution in [0.4, 0.5) is 4.39 Å². The van der Waals surface area contributed by atoms with E-state index in [0.29, 0.717) is 18.4 Å². The van der Waals surface area contributed by atoms with Gasteiger partial charge in [-0.3, -0.25) is 9.89 Å². The van der Waals surface area contributed by atoms with E-state index in [9.17, 15) is 4.39 Å². The molecule has 0 saturated carbocycles. The maximum atomic E-state index is 13.8. The predicted octanol–water partition coefficient (Wildman–Crippen LogP) is 4.07. The summed E-state index contributed by atoms with van der Waals surface area (Å²) in [4.78, 5) is 8.10. The molecule has 1 aromatic heterocycles. The van der Waals surface area contributed by atoms with Crippen molar-refractivity contribution in [3.8, 4) is 0 Å². The molecule has 152 valence electrons. The third-order valence-electron chi connectivity index (χ3n) is 5.45. The van der Waals surface area contributed by atoms with Gasteiger partial charge in [-0.15, -0.1) is 11.3 Å². The zero-order chi connectivity index (χ0) is 19.8. The Bertz CT molecular complexity index is 739. The normalized spacial score (nSPS) is 17.5. The number of piperidine rings is 1. The van der Waals surface area contributed by atoms with Crippen molar-refractivity contribution in [3.63, 3.8) is 0 Å². The highest BCUT2D eigenvalue weighted by Crippen LogP contribution is 2.20. The molecule has 0 aliphatic carbocycles. The maximum absolute atomic E-state index is 13.8. The number of benzene rings is 1. The Morgan fingerprint density at radius 2 is 2.00 bits per heavy atom. The molecule has 4 nitrogen and oxygen atoms in total. The van der Waals surface area contributed by atoms with Gasteiger partial charge in [0.1, 0.15) is 5.82 Å². The summed E-state index contributed by atoms with van der Waals surface area (Å²) in [7, 11) is 1.82. The van der Waals surface area contributed by atoms with Crippen LogP contribution >= 0.6 is 11.3 Å². The Balaban J connectivity index is 1.36. The molecular weight excluding hydrogens is 371 g/mol. The first kappa shape index (κ1) is 20.8. The summed E-state index contributed by atoms with van der Waals surface area (Å²) in [5.41, 5.74) is 0.795. The van der Waals surface area contributed by atoms with Crippen LogP contribution in [0.3, 0.4) is 0 Å².